The summed E-state index contributed by atoms with van der Waals surface area (Å²) in [4.78, 5) is 37.2. The molecule has 134 valence electrons. The van der Waals surface area contributed by atoms with Crippen molar-refractivity contribution in [1.29, 1.82) is 0 Å². The standard InChI is InChI=1S/C17H10ClF3N2O3/c18-8-1-2-9-10(7-8)17(26)23(16(9)25)6-5-13(24)22-12-4-3-11(19)14(20)15(12)21/h1-4,7H,5-6H2,(H,22,24). The predicted molar refractivity (Wildman–Crippen MR) is 86.4 cm³/mol. The maximum Gasteiger partial charge on any atom is 0.261 e. The van der Waals surface area contributed by atoms with Crippen molar-refractivity contribution in [1.82, 2.24) is 4.90 Å². The lowest BCUT2D eigenvalue weighted by atomic mass is 10.1. The summed E-state index contributed by atoms with van der Waals surface area (Å²) in [6, 6.07) is 5.77. The van der Waals surface area contributed by atoms with Crippen LogP contribution in [0.15, 0.2) is 30.3 Å². The third-order valence-electron chi connectivity index (χ3n) is 3.80. The maximum absolute atomic E-state index is 13.5. The van der Waals surface area contributed by atoms with E-state index in [-0.39, 0.29) is 24.1 Å². The Hall–Kier alpha value is -2.87. The molecule has 0 unspecified atom stereocenters. The van der Waals surface area contributed by atoms with Gasteiger partial charge in [-0.15, -0.1) is 0 Å². The van der Waals surface area contributed by atoms with E-state index in [1.807, 2.05) is 0 Å². The van der Waals surface area contributed by atoms with Gasteiger partial charge in [0.1, 0.15) is 0 Å². The van der Waals surface area contributed by atoms with Crippen LogP contribution in [-0.2, 0) is 4.79 Å². The van der Waals surface area contributed by atoms with Crippen LogP contribution in [-0.4, -0.2) is 29.2 Å². The lowest BCUT2D eigenvalue weighted by Gasteiger charge is -2.13. The first-order chi connectivity index (χ1) is 12.3. The summed E-state index contributed by atoms with van der Waals surface area (Å²) >= 11 is 5.80. The Morgan fingerprint density at radius 3 is 2.42 bits per heavy atom. The number of hydrogen-bond donors (Lipinski definition) is 1. The van der Waals surface area contributed by atoms with E-state index in [9.17, 15) is 27.6 Å². The van der Waals surface area contributed by atoms with E-state index in [1.54, 1.807) is 0 Å². The number of nitrogens with zero attached hydrogens (tertiary/aromatic N) is 1. The molecule has 0 saturated heterocycles. The van der Waals surface area contributed by atoms with E-state index in [1.165, 1.54) is 18.2 Å². The summed E-state index contributed by atoms with van der Waals surface area (Å²) in [5.41, 5.74) is -0.232. The van der Waals surface area contributed by atoms with E-state index in [2.05, 4.69) is 5.32 Å². The Morgan fingerprint density at radius 2 is 1.69 bits per heavy atom. The van der Waals surface area contributed by atoms with Crippen molar-refractivity contribution in [2.75, 3.05) is 11.9 Å². The normalized spacial score (nSPS) is 13.2. The fourth-order valence-corrected chi connectivity index (χ4v) is 2.69. The number of imide groups is 1. The van der Waals surface area contributed by atoms with Gasteiger partial charge in [-0.2, -0.15) is 0 Å². The second-order valence-electron chi connectivity index (χ2n) is 5.47. The van der Waals surface area contributed by atoms with E-state index >= 15 is 0 Å². The third-order valence-corrected chi connectivity index (χ3v) is 4.04. The lowest BCUT2D eigenvalue weighted by Crippen LogP contribution is -2.33. The summed E-state index contributed by atoms with van der Waals surface area (Å²) in [7, 11) is 0. The highest BCUT2D eigenvalue weighted by Crippen LogP contribution is 2.26. The summed E-state index contributed by atoms with van der Waals surface area (Å²) in [5.74, 6) is -6.57. The molecule has 0 aliphatic carbocycles. The van der Waals surface area contributed by atoms with Crippen molar-refractivity contribution in [2.45, 2.75) is 6.42 Å². The molecule has 3 amide bonds. The van der Waals surface area contributed by atoms with Crippen LogP contribution in [0.25, 0.3) is 0 Å². The molecule has 0 aromatic heterocycles. The maximum atomic E-state index is 13.5. The van der Waals surface area contributed by atoms with Crippen LogP contribution >= 0.6 is 11.6 Å². The zero-order valence-corrected chi connectivity index (χ0v) is 13.7. The molecule has 9 heteroatoms. The minimum absolute atomic E-state index is 0.134. The molecule has 5 nitrogen and oxygen atoms in total. The summed E-state index contributed by atoms with van der Waals surface area (Å²) < 4.78 is 39.6. The Bertz CT molecular complexity index is 949. The largest absolute Gasteiger partial charge is 0.323 e. The van der Waals surface area contributed by atoms with Gasteiger partial charge < -0.3 is 5.32 Å². The van der Waals surface area contributed by atoms with Crippen LogP contribution in [0, 0.1) is 17.5 Å². The highest BCUT2D eigenvalue weighted by atomic mass is 35.5. The van der Waals surface area contributed by atoms with Gasteiger partial charge in [0.25, 0.3) is 11.8 Å². The van der Waals surface area contributed by atoms with Crippen LogP contribution < -0.4 is 5.32 Å². The van der Waals surface area contributed by atoms with Gasteiger partial charge in [-0.05, 0) is 30.3 Å². The monoisotopic (exact) mass is 382 g/mol. The average molecular weight is 383 g/mol. The van der Waals surface area contributed by atoms with Gasteiger partial charge in [-0.1, -0.05) is 11.6 Å². The van der Waals surface area contributed by atoms with Crippen LogP contribution in [0.4, 0.5) is 18.9 Å². The second kappa shape index (κ2) is 6.80. The van der Waals surface area contributed by atoms with E-state index < -0.39 is 40.9 Å². The first-order valence-electron chi connectivity index (χ1n) is 7.38. The number of benzene rings is 2. The van der Waals surface area contributed by atoms with Gasteiger partial charge in [-0.3, -0.25) is 19.3 Å². The molecular weight excluding hydrogens is 373 g/mol. The van der Waals surface area contributed by atoms with Gasteiger partial charge in [-0.25, -0.2) is 13.2 Å². The third kappa shape index (κ3) is 3.15. The Kier molecular flexibility index (Phi) is 4.69. The topological polar surface area (TPSA) is 66.5 Å². The van der Waals surface area contributed by atoms with Crippen LogP contribution in [0.5, 0.6) is 0 Å². The number of fused-ring (bicyclic) bond motifs is 1. The van der Waals surface area contributed by atoms with Crippen molar-refractivity contribution in [2.24, 2.45) is 0 Å². The van der Waals surface area contributed by atoms with Gasteiger partial charge >= 0.3 is 0 Å². The first kappa shape index (κ1) is 17.9. The number of rotatable bonds is 4. The minimum atomic E-state index is -1.71. The van der Waals surface area contributed by atoms with Gasteiger partial charge in [0, 0.05) is 18.0 Å². The Labute approximate surface area is 150 Å². The zero-order valence-electron chi connectivity index (χ0n) is 13.0. The summed E-state index contributed by atoms with van der Waals surface area (Å²) in [5, 5.41) is 2.36. The minimum Gasteiger partial charge on any atom is -0.323 e. The Balaban J connectivity index is 1.67. The summed E-state index contributed by atoms with van der Waals surface area (Å²) in [6.45, 7) is -0.263. The fourth-order valence-electron chi connectivity index (χ4n) is 2.51. The summed E-state index contributed by atoms with van der Waals surface area (Å²) in [6.07, 6.45) is -0.350. The predicted octanol–water partition coefficient (Wildman–Crippen LogP) is 3.38. The van der Waals surface area contributed by atoms with Crippen molar-refractivity contribution in [3.05, 3.63) is 63.9 Å². The number of halogens is 4. The van der Waals surface area contributed by atoms with Gasteiger partial charge in [0.05, 0.1) is 16.8 Å². The van der Waals surface area contributed by atoms with Crippen molar-refractivity contribution in [3.8, 4) is 0 Å². The highest BCUT2D eigenvalue weighted by molar-refractivity contribution is 6.32. The van der Waals surface area contributed by atoms with E-state index in [0.717, 1.165) is 11.0 Å². The molecular formula is C17H10ClF3N2O3. The Morgan fingerprint density at radius 1 is 1.00 bits per heavy atom. The SMILES string of the molecule is O=C(CCN1C(=O)c2ccc(Cl)cc2C1=O)Nc1ccc(F)c(F)c1F. The highest BCUT2D eigenvalue weighted by Gasteiger charge is 2.35. The zero-order chi connectivity index (χ0) is 19.0. The van der Waals surface area contributed by atoms with Crippen LogP contribution in [0.2, 0.25) is 5.02 Å². The smallest absolute Gasteiger partial charge is 0.261 e. The van der Waals surface area contributed by atoms with Crippen LogP contribution in [0.3, 0.4) is 0 Å². The number of carbonyl (C=O) groups is 3. The van der Waals surface area contributed by atoms with Gasteiger partial charge in [0.15, 0.2) is 17.5 Å². The molecule has 0 bridgehead atoms. The average Bonchev–Trinajstić information content (AvgIpc) is 2.84. The molecule has 1 heterocycles. The first-order valence-corrected chi connectivity index (χ1v) is 7.76. The molecule has 1 aliphatic heterocycles. The number of nitrogens with one attached hydrogen (secondary N) is 1. The fraction of sp³-hybridized carbons (Fsp3) is 0.118. The van der Waals surface area contributed by atoms with Gasteiger partial charge in [0.2, 0.25) is 5.91 Å². The second-order valence-corrected chi connectivity index (χ2v) is 5.91. The molecule has 0 atom stereocenters. The number of anilines is 1. The van der Waals surface area contributed by atoms with Crippen LogP contribution in [0.1, 0.15) is 27.1 Å². The van der Waals surface area contributed by atoms with Crippen molar-refractivity contribution >= 4 is 35.0 Å². The van der Waals surface area contributed by atoms with E-state index in [4.69, 9.17) is 11.6 Å². The molecule has 26 heavy (non-hydrogen) atoms. The number of amides is 3. The lowest BCUT2D eigenvalue weighted by molar-refractivity contribution is -0.116. The number of carbonyl (C=O) groups excluding carboxylic acids is 3. The molecule has 1 aliphatic rings. The molecule has 0 fully saturated rings. The molecule has 0 radical (unpaired) electrons. The number of hydrogen-bond acceptors (Lipinski definition) is 3. The quantitative estimate of drug-likeness (QED) is 0.651. The molecule has 0 saturated carbocycles. The molecule has 0 spiro atoms. The molecule has 3 rings (SSSR count). The molecule has 2 aromatic rings. The molecule has 2 aromatic carbocycles. The van der Waals surface area contributed by atoms with Crippen molar-refractivity contribution < 1.29 is 27.6 Å². The molecule has 1 N–H and O–H groups in total. The van der Waals surface area contributed by atoms with E-state index in [0.29, 0.717) is 11.1 Å². The van der Waals surface area contributed by atoms with Crippen molar-refractivity contribution in [3.63, 3.8) is 0 Å².